The molecule has 1 aromatic rings. The summed E-state index contributed by atoms with van der Waals surface area (Å²) in [6, 6.07) is 6.53. The molecule has 0 saturated heterocycles. The Balaban J connectivity index is 2.39. The molecule has 0 saturated carbocycles. The van der Waals surface area contributed by atoms with E-state index in [1.807, 2.05) is 12.1 Å². The summed E-state index contributed by atoms with van der Waals surface area (Å²) in [7, 11) is 0. The summed E-state index contributed by atoms with van der Waals surface area (Å²) in [6.07, 6.45) is 2.64. The zero-order valence-corrected chi connectivity index (χ0v) is 16.0. The molecule has 1 aromatic carbocycles. The quantitative estimate of drug-likeness (QED) is 0.373. The van der Waals surface area contributed by atoms with E-state index < -0.39 is 17.4 Å². The number of carboxylic acids is 1. The Bertz CT molecular complexity index is 644. The highest BCUT2D eigenvalue weighted by Crippen LogP contribution is 2.23. The average Bonchev–Trinajstić information content (AvgIpc) is 2.55. The van der Waals surface area contributed by atoms with Gasteiger partial charge >= 0.3 is 12.0 Å². The number of carbonyl (C=O) groups is 3. The van der Waals surface area contributed by atoms with Gasteiger partial charge in [-0.05, 0) is 57.2 Å². The third-order valence-electron chi connectivity index (χ3n) is 4.22. The highest BCUT2D eigenvalue weighted by Gasteiger charge is 2.29. The van der Waals surface area contributed by atoms with Gasteiger partial charge in [0.05, 0.1) is 5.41 Å². The van der Waals surface area contributed by atoms with E-state index >= 15 is 0 Å². The maximum absolute atomic E-state index is 11.9. The van der Waals surface area contributed by atoms with Crippen molar-refractivity contribution in [2.24, 2.45) is 16.9 Å². The van der Waals surface area contributed by atoms with Crippen molar-refractivity contribution in [2.75, 3.05) is 11.9 Å². The van der Waals surface area contributed by atoms with Crippen LogP contribution in [0.5, 0.6) is 0 Å². The summed E-state index contributed by atoms with van der Waals surface area (Å²) in [5.74, 6) is -0.955. The van der Waals surface area contributed by atoms with E-state index in [4.69, 9.17) is 11.5 Å². The lowest BCUT2D eigenvalue weighted by molar-refractivity contribution is -0.147. The number of nitrogens with two attached hydrogens (primary N) is 2. The second-order valence-corrected chi connectivity index (χ2v) is 7.35. The van der Waals surface area contributed by atoms with Crippen LogP contribution in [0.4, 0.5) is 10.5 Å². The lowest BCUT2D eigenvalue weighted by Crippen LogP contribution is -2.34. The number of hydrogen-bond acceptors (Lipinski definition) is 4. The number of unbranched alkanes of at least 4 members (excludes halogenated alkanes) is 1. The molecule has 27 heavy (non-hydrogen) atoms. The highest BCUT2D eigenvalue weighted by molar-refractivity contribution is 5.90. The van der Waals surface area contributed by atoms with Gasteiger partial charge in [0.25, 0.3) is 0 Å². The number of aliphatic carboxylic acids is 1. The lowest BCUT2D eigenvalue weighted by Gasteiger charge is -2.23. The zero-order valence-electron chi connectivity index (χ0n) is 16.0. The van der Waals surface area contributed by atoms with E-state index in [9.17, 15) is 19.5 Å². The van der Waals surface area contributed by atoms with E-state index in [1.165, 1.54) is 0 Å². The van der Waals surface area contributed by atoms with Crippen LogP contribution in [0.15, 0.2) is 24.3 Å². The predicted octanol–water partition coefficient (Wildman–Crippen LogP) is 1.83. The van der Waals surface area contributed by atoms with Crippen LogP contribution in [0.1, 0.15) is 45.1 Å². The Kier molecular flexibility index (Phi) is 8.74. The average molecular weight is 378 g/mol. The molecule has 0 aliphatic rings. The first-order valence-corrected chi connectivity index (χ1v) is 9.01. The topological polar surface area (TPSA) is 148 Å². The summed E-state index contributed by atoms with van der Waals surface area (Å²) in [5, 5.41) is 14.5. The number of amides is 3. The first kappa shape index (κ1) is 22.4. The molecule has 8 heteroatoms. The van der Waals surface area contributed by atoms with Crippen molar-refractivity contribution in [3.63, 3.8) is 0 Å². The molecular formula is C19H30N4O4. The van der Waals surface area contributed by atoms with Crippen LogP contribution in [0.25, 0.3) is 0 Å². The van der Waals surface area contributed by atoms with Gasteiger partial charge < -0.3 is 27.2 Å². The molecule has 0 fully saturated rings. The molecule has 0 aliphatic heterocycles. The maximum atomic E-state index is 11.9. The van der Waals surface area contributed by atoms with Crippen molar-refractivity contribution < 1.29 is 19.5 Å². The van der Waals surface area contributed by atoms with Gasteiger partial charge in [-0.15, -0.1) is 0 Å². The number of benzene rings is 1. The fourth-order valence-corrected chi connectivity index (χ4v) is 2.69. The molecule has 3 amide bonds. The van der Waals surface area contributed by atoms with E-state index in [2.05, 4.69) is 10.6 Å². The number of primary amides is 1. The molecule has 0 aromatic heterocycles. The van der Waals surface area contributed by atoms with Gasteiger partial charge in [-0.2, -0.15) is 0 Å². The minimum Gasteiger partial charge on any atom is -0.481 e. The number of carboxylic acid groups (broad SMARTS) is 1. The third kappa shape index (κ3) is 9.05. The van der Waals surface area contributed by atoms with Gasteiger partial charge in [0.15, 0.2) is 0 Å². The first-order valence-electron chi connectivity index (χ1n) is 9.01. The SMILES string of the molecule is CC(C)(CC(N)Cc1ccc(NC(=O)CCCCNC(N)=O)cc1)C(=O)O. The smallest absolute Gasteiger partial charge is 0.312 e. The van der Waals surface area contributed by atoms with Crippen molar-refractivity contribution in [3.05, 3.63) is 29.8 Å². The van der Waals surface area contributed by atoms with Gasteiger partial charge in [0, 0.05) is 24.7 Å². The van der Waals surface area contributed by atoms with Crippen LogP contribution in [0, 0.1) is 5.41 Å². The second kappa shape index (κ2) is 10.5. The van der Waals surface area contributed by atoms with Crippen LogP contribution >= 0.6 is 0 Å². The van der Waals surface area contributed by atoms with E-state index in [0.29, 0.717) is 44.3 Å². The van der Waals surface area contributed by atoms with Crippen LogP contribution < -0.4 is 22.1 Å². The monoisotopic (exact) mass is 378 g/mol. The maximum Gasteiger partial charge on any atom is 0.312 e. The molecule has 8 nitrogen and oxygen atoms in total. The number of nitrogens with one attached hydrogen (secondary N) is 2. The molecule has 0 aliphatic carbocycles. The largest absolute Gasteiger partial charge is 0.481 e. The third-order valence-corrected chi connectivity index (χ3v) is 4.22. The van der Waals surface area contributed by atoms with Gasteiger partial charge in [0.2, 0.25) is 5.91 Å². The van der Waals surface area contributed by atoms with Gasteiger partial charge in [-0.25, -0.2) is 4.79 Å². The molecule has 7 N–H and O–H groups in total. The molecule has 1 unspecified atom stereocenters. The molecule has 0 bridgehead atoms. The Morgan fingerprint density at radius 2 is 1.78 bits per heavy atom. The van der Waals surface area contributed by atoms with E-state index in [1.54, 1.807) is 26.0 Å². The number of anilines is 1. The Morgan fingerprint density at radius 3 is 2.33 bits per heavy atom. The van der Waals surface area contributed by atoms with Gasteiger partial charge in [-0.3, -0.25) is 9.59 Å². The fraction of sp³-hybridized carbons (Fsp3) is 0.526. The van der Waals surface area contributed by atoms with Crippen molar-refractivity contribution in [1.29, 1.82) is 0 Å². The summed E-state index contributed by atoms with van der Waals surface area (Å²) in [5.41, 5.74) is 11.9. The predicted molar refractivity (Wildman–Crippen MR) is 104 cm³/mol. The van der Waals surface area contributed by atoms with Crippen molar-refractivity contribution in [2.45, 2.75) is 52.0 Å². The molecule has 0 spiro atoms. The molecule has 1 atom stereocenters. The van der Waals surface area contributed by atoms with Crippen LogP contribution in [-0.4, -0.2) is 35.6 Å². The summed E-state index contributed by atoms with van der Waals surface area (Å²) in [6.45, 7) is 3.78. The second-order valence-electron chi connectivity index (χ2n) is 7.35. The van der Waals surface area contributed by atoms with Crippen LogP contribution in [0.3, 0.4) is 0 Å². The fourth-order valence-electron chi connectivity index (χ4n) is 2.69. The van der Waals surface area contributed by atoms with E-state index in [-0.39, 0.29) is 11.9 Å². The minimum atomic E-state index is -0.861. The number of urea groups is 1. The summed E-state index contributed by atoms with van der Waals surface area (Å²) < 4.78 is 0. The highest BCUT2D eigenvalue weighted by atomic mass is 16.4. The standard InChI is InChI=1S/C19H30N4O4/c1-19(2,17(25)26)12-14(20)11-13-6-8-15(9-7-13)23-16(24)5-3-4-10-22-18(21)27/h6-9,14H,3-5,10-12,20H2,1-2H3,(H,23,24)(H,25,26)(H3,21,22,27). The molecule has 0 heterocycles. The van der Waals surface area contributed by atoms with Crippen LogP contribution in [-0.2, 0) is 16.0 Å². The molecule has 0 radical (unpaired) electrons. The zero-order chi connectivity index (χ0) is 20.4. The van der Waals surface area contributed by atoms with E-state index in [0.717, 1.165) is 5.56 Å². The number of hydrogen-bond donors (Lipinski definition) is 5. The minimum absolute atomic E-state index is 0.0956. The van der Waals surface area contributed by atoms with Crippen molar-refractivity contribution in [3.8, 4) is 0 Å². The summed E-state index contributed by atoms with van der Waals surface area (Å²) in [4.78, 5) is 33.6. The number of rotatable bonds is 11. The molecule has 150 valence electrons. The Hall–Kier alpha value is -2.61. The first-order chi connectivity index (χ1) is 12.6. The lowest BCUT2D eigenvalue weighted by atomic mass is 9.84. The molecule has 1 rings (SSSR count). The Labute approximate surface area is 159 Å². The van der Waals surface area contributed by atoms with Crippen molar-refractivity contribution in [1.82, 2.24) is 5.32 Å². The van der Waals surface area contributed by atoms with Crippen molar-refractivity contribution >= 4 is 23.6 Å². The Morgan fingerprint density at radius 1 is 1.15 bits per heavy atom. The summed E-state index contributed by atoms with van der Waals surface area (Å²) >= 11 is 0. The normalized spacial score (nSPS) is 12.3. The van der Waals surface area contributed by atoms with Gasteiger partial charge in [-0.1, -0.05) is 12.1 Å². The van der Waals surface area contributed by atoms with Crippen LogP contribution in [0.2, 0.25) is 0 Å². The molecular weight excluding hydrogens is 348 g/mol. The number of carbonyl (C=O) groups excluding carboxylic acids is 2. The van der Waals surface area contributed by atoms with Gasteiger partial charge in [0.1, 0.15) is 0 Å².